The fraction of sp³-hybridized carbons (Fsp3) is 0.800. The minimum atomic E-state index is -0.221. The Hall–Kier alpha value is -1.44. The molecule has 4 aliphatic carbocycles. The van der Waals surface area contributed by atoms with Gasteiger partial charge in [-0.15, -0.1) is 0 Å². The van der Waals surface area contributed by atoms with Crippen molar-refractivity contribution in [1.29, 1.82) is 0 Å². The lowest BCUT2D eigenvalue weighted by Crippen LogP contribution is -2.54. The molecule has 0 amide bonds. The average Bonchev–Trinajstić information content (AvgIpc) is 3.85. The molecule has 7 rings (SSSR count). The molecule has 0 unspecified atom stereocenters. The maximum atomic E-state index is 7.27. The van der Waals surface area contributed by atoms with Crippen molar-refractivity contribution in [1.82, 2.24) is 9.80 Å². The Balaban J connectivity index is 1.01. The second kappa shape index (κ2) is 14.2. The van der Waals surface area contributed by atoms with Crippen LogP contribution in [0.2, 0.25) is 0 Å². The van der Waals surface area contributed by atoms with Gasteiger partial charge in [0.05, 0.1) is 45.2 Å². The van der Waals surface area contributed by atoms with Gasteiger partial charge in [-0.1, -0.05) is 37.6 Å². The summed E-state index contributed by atoms with van der Waals surface area (Å²) in [5.74, 6) is 3.15. The lowest BCUT2D eigenvalue weighted by molar-refractivity contribution is -0.165. The highest BCUT2D eigenvalue weighted by Gasteiger charge is 2.65. The number of allylic oxidation sites excluding steroid dienone is 1. The van der Waals surface area contributed by atoms with Crippen LogP contribution >= 0.6 is 0 Å². The van der Waals surface area contributed by atoms with Gasteiger partial charge >= 0.3 is 0 Å². The first kappa shape index (κ1) is 33.1. The largest absolute Gasteiger partial charge is 0.497 e. The third kappa shape index (κ3) is 6.24. The predicted octanol–water partition coefficient (Wildman–Crippen LogP) is 7.46. The number of fused-ring (bicyclic) bond motifs is 5. The molecule has 2 aliphatic heterocycles. The molecule has 46 heavy (non-hydrogen) atoms. The summed E-state index contributed by atoms with van der Waals surface area (Å²) in [4.78, 5) is 5.12. The molecule has 3 saturated carbocycles. The van der Waals surface area contributed by atoms with Gasteiger partial charge in [0.2, 0.25) is 0 Å². The van der Waals surface area contributed by atoms with Crippen LogP contribution < -0.4 is 4.74 Å². The van der Waals surface area contributed by atoms with Crippen molar-refractivity contribution in [3.63, 3.8) is 0 Å². The number of rotatable bonds is 13. The van der Waals surface area contributed by atoms with Gasteiger partial charge in [0.25, 0.3) is 0 Å². The average molecular weight is 635 g/mol. The first-order valence-corrected chi connectivity index (χ1v) is 19.1. The van der Waals surface area contributed by atoms with Crippen molar-refractivity contribution in [3.8, 4) is 5.75 Å². The van der Waals surface area contributed by atoms with E-state index in [-0.39, 0.29) is 11.0 Å². The number of benzene rings is 1. The van der Waals surface area contributed by atoms with Crippen LogP contribution in [0.1, 0.15) is 96.5 Å². The molecule has 0 bridgehead atoms. The number of hydrogen-bond acceptors (Lipinski definition) is 6. The smallest absolute Gasteiger partial charge is 0.118 e. The van der Waals surface area contributed by atoms with Crippen molar-refractivity contribution in [2.45, 2.75) is 103 Å². The van der Waals surface area contributed by atoms with E-state index in [1.54, 1.807) is 12.7 Å². The van der Waals surface area contributed by atoms with Gasteiger partial charge in [-0.05, 0) is 144 Å². The summed E-state index contributed by atoms with van der Waals surface area (Å²) < 4.78 is 25.2. The second-order valence-electron chi connectivity index (χ2n) is 16.1. The number of nitrogens with zero attached hydrogens (tertiary/aromatic N) is 2. The molecule has 0 spiro atoms. The van der Waals surface area contributed by atoms with Crippen molar-refractivity contribution in [2.24, 2.45) is 28.6 Å². The Morgan fingerprint density at radius 2 is 1.46 bits per heavy atom. The summed E-state index contributed by atoms with van der Waals surface area (Å²) in [7, 11) is 1.77. The van der Waals surface area contributed by atoms with Gasteiger partial charge in [0.15, 0.2) is 0 Å². The normalized spacial score (nSPS) is 37.9. The lowest BCUT2D eigenvalue weighted by Gasteiger charge is -2.59. The van der Waals surface area contributed by atoms with E-state index in [4.69, 9.17) is 18.9 Å². The van der Waals surface area contributed by atoms with Crippen molar-refractivity contribution < 1.29 is 18.9 Å². The highest BCUT2D eigenvalue weighted by Crippen LogP contribution is 2.70. The summed E-state index contributed by atoms with van der Waals surface area (Å²) >= 11 is 0. The van der Waals surface area contributed by atoms with E-state index in [2.05, 4.69) is 54.0 Å². The standard InChI is InChI=1S/C40H62N2O4/c1-38-17-14-34(45-29-28-44-26-24-41-20-4-5-21-41)30-32(38)10-13-35-36(38)15-18-39(2)37(35)16-19-40(39,31-8-11-33(43-3)12-9-31)46-27-25-42-22-6-7-23-42/h8-12,34-37H,4-7,13-30H2,1-3H3/t34-,35+,36-,37-,38-,39-,40+/m0/s1. The van der Waals surface area contributed by atoms with Crippen LogP contribution in [0.4, 0.5) is 0 Å². The highest BCUT2D eigenvalue weighted by atomic mass is 16.5. The van der Waals surface area contributed by atoms with E-state index in [0.29, 0.717) is 17.4 Å². The fourth-order valence-corrected chi connectivity index (χ4v) is 11.4. The number of likely N-dealkylation sites (tertiary alicyclic amines) is 2. The molecule has 0 radical (unpaired) electrons. The molecule has 256 valence electrons. The molecule has 0 aromatic heterocycles. The van der Waals surface area contributed by atoms with Crippen LogP contribution in [0.3, 0.4) is 0 Å². The summed E-state index contributed by atoms with van der Waals surface area (Å²) in [6.07, 6.45) is 18.2. The van der Waals surface area contributed by atoms with Gasteiger partial charge < -0.3 is 28.7 Å². The molecule has 0 N–H and O–H groups in total. The van der Waals surface area contributed by atoms with Gasteiger partial charge in [0.1, 0.15) is 5.75 Å². The second-order valence-corrected chi connectivity index (χ2v) is 16.1. The number of hydrogen-bond donors (Lipinski definition) is 0. The van der Waals surface area contributed by atoms with E-state index in [0.717, 1.165) is 69.9 Å². The Morgan fingerprint density at radius 1 is 0.761 bits per heavy atom. The van der Waals surface area contributed by atoms with Crippen molar-refractivity contribution in [3.05, 3.63) is 41.5 Å². The predicted molar refractivity (Wildman–Crippen MR) is 184 cm³/mol. The molecule has 1 aromatic rings. The van der Waals surface area contributed by atoms with Crippen LogP contribution in [-0.4, -0.2) is 88.7 Å². The van der Waals surface area contributed by atoms with Crippen LogP contribution in [0.5, 0.6) is 5.75 Å². The minimum absolute atomic E-state index is 0.143. The van der Waals surface area contributed by atoms with Crippen molar-refractivity contribution in [2.75, 3.05) is 72.8 Å². The zero-order valence-electron chi connectivity index (χ0n) is 29.3. The molecule has 2 saturated heterocycles. The Labute approximate surface area is 279 Å². The zero-order chi connectivity index (χ0) is 31.6. The molecular weight excluding hydrogens is 572 g/mol. The Kier molecular flexibility index (Phi) is 10.2. The van der Waals surface area contributed by atoms with E-state index in [1.807, 2.05) is 0 Å². The molecule has 2 heterocycles. The number of methoxy groups -OCH3 is 1. The molecule has 6 heteroatoms. The maximum absolute atomic E-state index is 7.27. The third-order valence-electron chi connectivity index (χ3n) is 14.0. The SMILES string of the molecule is COc1ccc([C@]2(OCCN3CCCC3)CC[C@H]3[C@@H]4CC=C5C[C@@H](OCCOCCN6CCCC6)CC[C@]5(C)[C@H]4CC[C@@]32C)cc1. The van der Waals surface area contributed by atoms with Gasteiger partial charge in [-0.3, -0.25) is 0 Å². The summed E-state index contributed by atoms with van der Waals surface area (Å²) in [6.45, 7) is 15.4. The summed E-state index contributed by atoms with van der Waals surface area (Å²) in [5.41, 5.74) is 3.31. The number of ether oxygens (including phenoxy) is 4. The zero-order valence-corrected chi connectivity index (χ0v) is 29.3. The van der Waals surface area contributed by atoms with Gasteiger partial charge in [0, 0.05) is 18.5 Å². The lowest BCUT2D eigenvalue weighted by atomic mass is 9.46. The third-order valence-corrected chi connectivity index (χ3v) is 14.0. The summed E-state index contributed by atoms with van der Waals surface area (Å²) in [6, 6.07) is 8.94. The van der Waals surface area contributed by atoms with E-state index < -0.39 is 0 Å². The molecular formula is C40H62N2O4. The Morgan fingerprint density at radius 3 is 2.17 bits per heavy atom. The van der Waals surface area contributed by atoms with Crippen LogP contribution in [0, 0.1) is 28.6 Å². The molecule has 7 atom stereocenters. The van der Waals surface area contributed by atoms with Crippen LogP contribution in [0.15, 0.2) is 35.9 Å². The fourth-order valence-electron chi connectivity index (χ4n) is 11.4. The Bertz CT molecular complexity index is 1180. The molecule has 1 aromatic carbocycles. The van der Waals surface area contributed by atoms with E-state index in [1.165, 1.54) is 96.0 Å². The molecule has 6 nitrogen and oxygen atoms in total. The van der Waals surface area contributed by atoms with Crippen molar-refractivity contribution >= 4 is 0 Å². The van der Waals surface area contributed by atoms with E-state index >= 15 is 0 Å². The summed E-state index contributed by atoms with van der Waals surface area (Å²) in [5, 5.41) is 0. The minimum Gasteiger partial charge on any atom is -0.497 e. The molecule has 5 fully saturated rings. The van der Waals surface area contributed by atoms with Crippen LogP contribution in [-0.2, 0) is 19.8 Å². The molecule has 6 aliphatic rings. The van der Waals surface area contributed by atoms with Gasteiger partial charge in [-0.2, -0.15) is 0 Å². The quantitative estimate of drug-likeness (QED) is 0.166. The highest BCUT2D eigenvalue weighted by molar-refractivity contribution is 5.36. The van der Waals surface area contributed by atoms with Crippen LogP contribution in [0.25, 0.3) is 0 Å². The first-order valence-electron chi connectivity index (χ1n) is 19.1. The topological polar surface area (TPSA) is 43.4 Å². The maximum Gasteiger partial charge on any atom is 0.118 e. The first-order chi connectivity index (χ1) is 22.4. The van der Waals surface area contributed by atoms with E-state index in [9.17, 15) is 0 Å². The monoisotopic (exact) mass is 634 g/mol. The van der Waals surface area contributed by atoms with Gasteiger partial charge in [-0.25, -0.2) is 0 Å².